The van der Waals surface area contributed by atoms with Crippen LogP contribution in [-0.4, -0.2) is 39.1 Å². The van der Waals surface area contributed by atoms with E-state index >= 15 is 0 Å². The zero-order valence-electron chi connectivity index (χ0n) is 10.2. The molecule has 3 rings (SSSR count). The van der Waals surface area contributed by atoms with E-state index in [0.29, 0.717) is 26.0 Å². The van der Waals surface area contributed by atoms with E-state index < -0.39 is 5.97 Å². The Hall–Kier alpha value is -1.43. The van der Waals surface area contributed by atoms with Gasteiger partial charge < -0.3 is 9.84 Å². The molecule has 0 aliphatic carbocycles. The van der Waals surface area contributed by atoms with Gasteiger partial charge in [0.15, 0.2) is 5.82 Å². The number of hydrogen-bond acceptors (Lipinski definition) is 4. The summed E-state index contributed by atoms with van der Waals surface area (Å²) in [6, 6.07) is 0. The summed E-state index contributed by atoms with van der Waals surface area (Å²) in [6.45, 7) is 1.96. The predicted octanol–water partition coefficient (Wildman–Crippen LogP) is 0.819. The molecule has 6 heteroatoms. The maximum atomic E-state index is 11.0. The lowest BCUT2D eigenvalue weighted by Gasteiger charge is -2.19. The molecule has 0 bridgehead atoms. The van der Waals surface area contributed by atoms with Crippen molar-refractivity contribution in [3.63, 3.8) is 0 Å². The topological polar surface area (TPSA) is 77.2 Å². The van der Waals surface area contributed by atoms with Crippen molar-refractivity contribution in [2.24, 2.45) is 5.92 Å². The van der Waals surface area contributed by atoms with Gasteiger partial charge in [-0.15, -0.1) is 0 Å². The molecule has 1 aromatic heterocycles. The van der Waals surface area contributed by atoms with Gasteiger partial charge in [0.25, 0.3) is 0 Å². The molecular weight excluding hydrogens is 234 g/mol. The van der Waals surface area contributed by atoms with Crippen LogP contribution in [0.3, 0.4) is 0 Å². The Balaban J connectivity index is 1.78. The molecule has 1 N–H and O–H groups in total. The smallest absolute Gasteiger partial charge is 0.308 e. The summed E-state index contributed by atoms with van der Waals surface area (Å²) in [5.41, 5.74) is 0. The lowest BCUT2D eigenvalue weighted by Crippen LogP contribution is -2.27. The normalized spacial score (nSPS) is 27.8. The lowest BCUT2D eigenvalue weighted by molar-refractivity contribution is -0.142. The Labute approximate surface area is 105 Å². The summed E-state index contributed by atoms with van der Waals surface area (Å²) < 4.78 is 7.21. The van der Waals surface area contributed by atoms with Crippen LogP contribution in [0, 0.1) is 5.92 Å². The third-order valence-electron chi connectivity index (χ3n) is 3.75. The summed E-state index contributed by atoms with van der Waals surface area (Å²) in [4.78, 5) is 15.5. The molecule has 1 saturated heterocycles. The van der Waals surface area contributed by atoms with Crippen molar-refractivity contribution in [2.75, 3.05) is 13.2 Å². The Morgan fingerprint density at radius 1 is 1.44 bits per heavy atom. The Bertz CT molecular complexity index is 451. The molecule has 3 heterocycles. The van der Waals surface area contributed by atoms with Crippen LogP contribution in [-0.2, 0) is 22.5 Å². The second kappa shape index (κ2) is 4.68. The van der Waals surface area contributed by atoms with E-state index in [1.165, 1.54) is 0 Å². The third kappa shape index (κ3) is 2.12. The number of carbonyl (C=O) groups is 1. The van der Waals surface area contributed by atoms with Crippen molar-refractivity contribution in [3.8, 4) is 0 Å². The number of aryl methyl sites for hydroxylation is 1. The van der Waals surface area contributed by atoms with E-state index in [1.807, 2.05) is 0 Å². The number of aliphatic carboxylic acids is 1. The molecular formula is C12H17N3O3. The lowest BCUT2D eigenvalue weighted by atomic mass is 10.0. The minimum Gasteiger partial charge on any atom is -0.481 e. The van der Waals surface area contributed by atoms with Gasteiger partial charge in [0.2, 0.25) is 0 Å². The van der Waals surface area contributed by atoms with Crippen LogP contribution >= 0.6 is 0 Å². The van der Waals surface area contributed by atoms with Crippen molar-refractivity contribution in [3.05, 3.63) is 11.6 Å². The minimum atomic E-state index is -0.737. The Kier molecular flexibility index (Phi) is 3.03. The molecule has 0 spiro atoms. The predicted molar refractivity (Wildman–Crippen MR) is 62.3 cm³/mol. The maximum absolute atomic E-state index is 11.0. The fraction of sp³-hybridized carbons (Fsp3) is 0.750. The molecule has 0 amide bonds. The van der Waals surface area contributed by atoms with Gasteiger partial charge in [0, 0.05) is 18.9 Å². The van der Waals surface area contributed by atoms with Gasteiger partial charge in [-0.2, -0.15) is 5.10 Å². The van der Waals surface area contributed by atoms with Crippen molar-refractivity contribution in [1.82, 2.24) is 14.8 Å². The number of nitrogens with zero attached hydrogens (tertiary/aromatic N) is 3. The summed E-state index contributed by atoms with van der Waals surface area (Å²) in [5, 5.41) is 13.5. The molecule has 6 nitrogen and oxygen atoms in total. The van der Waals surface area contributed by atoms with E-state index in [0.717, 1.165) is 31.1 Å². The van der Waals surface area contributed by atoms with Crippen LogP contribution in [0.25, 0.3) is 0 Å². The van der Waals surface area contributed by atoms with Gasteiger partial charge in [-0.25, -0.2) is 9.67 Å². The number of hydrogen-bond donors (Lipinski definition) is 1. The van der Waals surface area contributed by atoms with Crippen LogP contribution < -0.4 is 0 Å². The highest BCUT2D eigenvalue weighted by Crippen LogP contribution is 2.25. The molecule has 0 aromatic carbocycles. The number of carboxylic acid groups (broad SMARTS) is 1. The molecule has 98 valence electrons. The fourth-order valence-corrected chi connectivity index (χ4v) is 2.65. The number of carboxylic acids is 1. The van der Waals surface area contributed by atoms with Crippen molar-refractivity contribution >= 4 is 5.97 Å². The minimum absolute atomic E-state index is 0.278. The number of aromatic nitrogens is 3. The van der Waals surface area contributed by atoms with Crippen molar-refractivity contribution in [2.45, 2.75) is 38.1 Å². The van der Waals surface area contributed by atoms with Crippen LogP contribution in [0.15, 0.2) is 0 Å². The molecule has 2 aliphatic rings. The molecule has 0 saturated carbocycles. The molecule has 1 fully saturated rings. The van der Waals surface area contributed by atoms with Gasteiger partial charge in [-0.1, -0.05) is 0 Å². The molecule has 2 unspecified atom stereocenters. The van der Waals surface area contributed by atoms with Gasteiger partial charge in [-0.05, 0) is 19.3 Å². The molecule has 0 radical (unpaired) electrons. The van der Waals surface area contributed by atoms with Crippen LogP contribution in [0.5, 0.6) is 0 Å². The van der Waals surface area contributed by atoms with Crippen LogP contribution in [0.2, 0.25) is 0 Å². The molecule has 2 aliphatic heterocycles. The molecule has 18 heavy (non-hydrogen) atoms. The number of rotatable bonds is 2. The largest absolute Gasteiger partial charge is 0.481 e. The van der Waals surface area contributed by atoms with E-state index in [-0.39, 0.29) is 11.8 Å². The summed E-state index contributed by atoms with van der Waals surface area (Å²) in [5.74, 6) is 0.970. The highest BCUT2D eigenvalue weighted by atomic mass is 16.5. The first kappa shape index (κ1) is 11.6. The average Bonchev–Trinajstić information content (AvgIpc) is 2.82. The van der Waals surface area contributed by atoms with Crippen molar-refractivity contribution < 1.29 is 14.6 Å². The van der Waals surface area contributed by atoms with E-state index in [1.54, 1.807) is 4.68 Å². The third-order valence-corrected chi connectivity index (χ3v) is 3.75. The van der Waals surface area contributed by atoms with Crippen LogP contribution in [0.4, 0.5) is 0 Å². The second-order valence-corrected chi connectivity index (χ2v) is 5.06. The second-order valence-electron chi connectivity index (χ2n) is 5.06. The fourth-order valence-electron chi connectivity index (χ4n) is 2.65. The van der Waals surface area contributed by atoms with Crippen molar-refractivity contribution in [1.29, 1.82) is 0 Å². The summed E-state index contributed by atoms with van der Waals surface area (Å²) in [6.07, 6.45) is 3.48. The standard InChI is InChI=1S/C12H17N3O3/c16-12(17)8-3-4-10-13-11(14-15(10)6-8)9-2-1-5-18-7-9/h8-9H,1-7H2,(H,16,17). The highest BCUT2D eigenvalue weighted by molar-refractivity contribution is 5.70. The van der Waals surface area contributed by atoms with Crippen LogP contribution in [0.1, 0.15) is 36.8 Å². The Morgan fingerprint density at radius 2 is 2.33 bits per heavy atom. The molecule has 1 aromatic rings. The SMILES string of the molecule is O=C(O)C1CCc2nc(C3CCCOC3)nn2C1. The zero-order chi connectivity index (χ0) is 12.5. The van der Waals surface area contributed by atoms with Gasteiger partial charge in [0.1, 0.15) is 5.82 Å². The van der Waals surface area contributed by atoms with Gasteiger partial charge in [0.05, 0.1) is 19.1 Å². The average molecular weight is 251 g/mol. The van der Waals surface area contributed by atoms with Gasteiger partial charge in [-0.3, -0.25) is 4.79 Å². The number of fused-ring (bicyclic) bond motifs is 1. The Morgan fingerprint density at radius 3 is 3.06 bits per heavy atom. The van der Waals surface area contributed by atoms with E-state index in [2.05, 4.69) is 10.1 Å². The first-order valence-corrected chi connectivity index (χ1v) is 6.48. The zero-order valence-corrected chi connectivity index (χ0v) is 10.2. The number of ether oxygens (including phenoxy) is 1. The highest BCUT2D eigenvalue weighted by Gasteiger charge is 2.28. The van der Waals surface area contributed by atoms with E-state index in [9.17, 15) is 4.79 Å². The maximum Gasteiger partial charge on any atom is 0.308 e. The van der Waals surface area contributed by atoms with Gasteiger partial charge >= 0.3 is 5.97 Å². The quantitative estimate of drug-likeness (QED) is 0.842. The first-order chi connectivity index (χ1) is 8.74. The monoisotopic (exact) mass is 251 g/mol. The molecule has 2 atom stereocenters. The summed E-state index contributed by atoms with van der Waals surface area (Å²) in [7, 11) is 0. The first-order valence-electron chi connectivity index (χ1n) is 6.48. The summed E-state index contributed by atoms with van der Waals surface area (Å²) >= 11 is 0. The van der Waals surface area contributed by atoms with E-state index in [4.69, 9.17) is 9.84 Å².